The zero-order chi connectivity index (χ0) is 18.3. The number of carbonyl (C=O) groups is 2. The summed E-state index contributed by atoms with van der Waals surface area (Å²) in [6, 6.07) is 11.1. The van der Waals surface area contributed by atoms with Crippen LogP contribution < -0.4 is 19.7 Å². The molecule has 0 saturated carbocycles. The van der Waals surface area contributed by atoms with Gasteiger partial charge in [-0.15, -0.1) is 0 Å². The van der Waals surface area contributed by atoms with Gasteiger partial charge >= 0.3 is 0 Å². The van der Waals surface area contributed by atoms with Crippen LogP contribution in [-0.2, 0) is 9.59 Å². The molecule has 1 N–H and O–H groups in total. The maximum atomic E-state index is 12.6. The van der Waals surface area contributed by atoms with Gasteiger partial charge in [-0.25, -0.2) is 0 Å². The number of amides is 2. The van der Waals surface area contributed by atoms with Crippen LogP contribution >= 0.6 is 0 Å². The fourth-order valence-electron chi connectivity index (χ4n) is 3.36. The Hall–Kier alpha value is -3.02. The molecule has 2 aromatic rings. The second kappa shape index (κ2) is 6.37. The summed E-state index contributed by atoms with van der Waals surface area (Å²) in [5.74, 6) is 0.713. The lowest BCUT2D eigenvalue weighted by Crippen LogP contribution is -2.28. The van der Waals surface area contributed by atoms with Gasteiger partial charge in [0.05, 0.1) is 5.92 Å². The summed E-state index contributed by atoms with van der Waals surface area (Å²) in [7, 11) is 0. The first kappa shape index (κ1) is 16.4. The topological polar surface area (TPSA) is 67.9 Å². The molecule has 0 spiro atoms. The molecule has 2 aliphatic heterocycles. The van der Waals surface area contributed by atoms with E-state index in [2.05, 4.69) is 5.32 Å². The standard InChI is InChI=1S/C20H20N2O4/c1-12-4-3-5-16(13(12)2)22-10-14(8-19(22)23)20(24)21-15-6-7-17-18(9-15)26-11-25-17/h3-7,9,14H,8,10-11H2,1-2H3,(H,21,24)/t14-/m0/s1. The van der Waals surface area contributed by atoms with Crippen molar-refractivity contribution in [3.8, 4) is 11.5 Å². The molecule has 134 valence electrons. The van der Waals surface area contributed by atoms with Crippen molar-refractivity contribution in [3.05, 3.63) is 47.5 Å². The Bertz CT molecular complexity index is 893. The van der Waals surface area contributed by atoms with Gasteiger partial charge in [0.1, 0.15) is 0 Å². The third kappa shape index (κ3) is 2.87. The minimum absolute atomic E-state index is 0.0236. The third-order valence-electron chi connectivity index (χ3n) is 5.00. The lowest BCUT2D eigenvalue weighted by molar-refractivity contribution is -0.122. The molecule has 0 unspecified atom stereocenters. The van der Waals surface area contributed by atoms with Crippen molar-refractivity contribution in [1.82, 2.24) is 0 Å². The third-order valence-corrected chi connectivity index (χ3v) is 5.00. The highest BCUT2D eigenvalue weighted by Crippen LogP contribution is 2.35. The molecular formula is C20H20N2O4. The Morgan fingerprint density at radius 2 is 1.96 bits per heavy atom. The van der Waals surface area contributed by atoms with Gasteiger partial charge in [0.15, 0.2) is 11.5 Å². The molecule has 2 amide bonds. The summed E-state index contributed by atoms with van der Waals surface area (Å²) >= 11 is 0. The number of anilines is 2. The van der Waals surface area contributed by atoms with Crippen LogP contribution in [0.5, 0.6) is 11.5 Å². The van der Waals surface area contributed by atoms with Gasteiger partial charge in [-0.2, -0.15) is 0 Å². The molecule has 6 nitrogen and oxygen atoms in total. The lowest BCUT2D eigenvalue weighted by atomic mass is 10.1. The Morgan fingerprint density at radius 1 is 1.15 bits per heavy atom. The number of hydrogen-bond donors (Lipinski definition) is 1. The molecule has 6 heteroatoms. The van der Waals surface area contributed by atoms with Gasteiger partial charge in [-0.3, -0.25) is 9.59 Å². The monoisotopic (exact) mass is 352 g/mol. The maximum absolute atomic E-state index is 12.6. The SMILES string of the molecule is Cc1cccc(N2C[C@@H](C(=O)Nc3ccc4c(c3)OCO4)CC2=O)c1C. The average molecular weight is 352 g/mol. The van der Waals surface area contributed by atoms with E-state index in [0.29, 0.717) is 23.7 Å². The van der Waals surface area contributed by atoms with E-state index in [-0.39, 0.29) is 30.9 Å². The van der Waals surface area contributed by atoms with Gasteiger partial charge in [-0.1, -0.05) is 12.1 Å². The Balaban J connectivity index is 1.48. The van der Waals surface area contributed by atoms with Crippen molar-refractivity contribution in [2.45, 2.75) is 20.3 Å². The molecule has 2 aromatic carbocycles. The minimum atomic E-state index is -0.382. The van der Waals surface area contributed by atoms with Crippen LogP contribution in [-0.4, -0.2) is 25.2 Å². The number of nitrogens with zero attached hydrogens (tertiary/aromatic N) is 1. The van der Waals surface area contributed by atoms with Gasteiger partial charge in [0, 0.05) is 30.4 Å². The Morgan fingerprint density at radius 3 is 2.81 bits per heavy atom. The van der Waals surface area contributed by atoms with E-state index in [0.717, 1.165) is 16.8 Å². The molecule has 2 aliphatic rings. The zero-order valence-corrected chi connectivity index (χ0v) is 14.7. The van der Waals surface area contributed by atoms with Gasteiger partial charge < -0.3 is 19.7 Å². The Kier molecular flexibility index (Phi) is 4.03. The largest absolute Gasteiger partial charge is 0.454 e. The minimum Gasteiger partial charge on any atom is -0.454 e. The summed E-state index contributed by atoms with van der Waals surface area (Å²) in [6.45, 7) is 4.59. The fraction of sp³-hybridized carbons (Fsp3) is 0.300. The predicted octanol–water partition coefficient (Wildman–Crippen LogP) is 3.02. The second-order valence-electron chi connectivity index (χ2n) is 6.68. The van der Waals surface area contributed by atoms with E-state index in [1.165, 1.54) is 0 Å². The molecule has 1 fully saturated rings. The van der Waals surface area contributed by atoms with E-state index in [1.807, 2.05) is 32.0 Å². The van der Waals surface area contributed by atoms with Gasteiger partial charge in [0.2, 0.25) is 18.6 Å². The molecule has 1 saturated heterocycles. The summed E-state index contributed by atoms with van der Waals surface area (Å²) in [5, 5.41) is 2.88. The zero-order valence-electron chi connectivity index (χ0n) is 14.7. The first-order chi connectivity index (χ1) is 12.5. The van der Waals surface area contributed by atoms with Crippen LogP contribution in [0, 0.1) is 19.8 Å². The summed E-state index contributed by atoms with van der Waals surface area (Å²) in [4.78, 5) is 26.8. The smallest absolute Gasteiger partial charge is 0.231 e. The molecule has 26 heavy (non-hydrogen) atoms. The number of rotatable bonds is 3. The molecule has 4 rings (SSSR count). The van der Waals surface area contributed by atoms with Crippen LogP contribution in [0.4, 0.5) is 11.4 Å². The highest BCUT2D eigenvalue weighted by atomic mass is 16.7. The van der Waals surface area contributed by atoms with Crippen LogP contribution in [0.3, 0.4) is 0 Å². The van der Waals surface area contributed by atoms with Crippen molar-refractivity contribution in [2.75, 3.05) is 23.6 Å². The van der Waals surface area contributed by atoms with E-state index in [9.17, 15) is 9.59 Å². The Labute approximate surface area is 151 Å². The predicted molar refractivity (Wildman–Crippen MR) is 97.6 cm³/mol. The van der Waals surface area contributed by atoms with E-state index in [4.69, 9.17) is 9.47 Å². The molecule has 0 bridgehead atoms. The summed E-state index contributed by atoms with van der Waals surface area (Å²) < 4.78 is 10.6. The van der Waals surface area contributed by atoms with E-state index in [1.54, 1.807) is 23.1 Å². The van der Waals surface area contributed by atoms with Gasteiger partial charge in [-0.05, 0) is 43.2 Å². The highest BCUT2D eigenvalue weighted by molar-refractivity contribution is 6.04. The number of fused-ring (bicyclic) bond motifs is 1. The van der Waals surface area contributed by atoms with Crippen LogP contribution in [0.25, 0.3) is 0 Å². The number of ether oxygens (including phenoxy) is 2. The van der Waals surface area contributed by atoms with Crippen LogP contribution in [0.15, 0.2) is 36.4 Å². The lowest BCUT2D eigenvalue weighted by Gasteiger charge is -2.20. The van der Waals surface area contributed by atoms with Gasteiger partial charge in [0.25, 0.3) is 0 Å². The van der Waals surface area contributed by atoms with Crippen molar-refractivity contribution in [2.24, 2.45) is 5.92 Å². The number of benzene rings is 2. The maximum Gasteiger partial charge on any atom is 0.231 e. The first-order valence-electron chi connectivity index (χ1n) is 8.60. The molecule has 1 atom stereocenters. The number of aryl methyl sites for hydroxylation is 1. The van der Waals surface area contributed by atoms with Crippen molar-refractivity contribution in [1.29, 1.82) is 0 Å². The van der Waals surface area contributed by atoms with Crippen molar-refractivity contribution < 1.29 is 19.1 Å². The molecule has 0 aliphatic carbocycles. The quantitative estimate of drug-likeness (QED) is 0.922. The molecule has 0 radical (unpaired) electrons. The fourth-order valence-corrected chi connectivity index (χ4v) is 3.36. The molecule has 0 aromatic heterocycles. The van der Waals surface area contributed by atoms with E-state index >= 15 is 0 Å². The first-order valence-corrected chi connectivity index (χ1v) is 8.60. The van der Waals surface area contributed by atoms with Crippen molar-refractivity contribution in [3.63, 3.8) is 0 Å². The molecular weight excluding hydrogens is 332 g/mol. The van der Waals surface area contributed by atoms with E-state index < -0.39 is 0 Å². The average Bonchev–Trinajstić information content (AvgIpc) is 3.23. The number of hydrogen-bond acceptors (Lipinski definition) is 4. The normalized spacial score (nSPS) is 18.3. The van der Waals surface area contributed by atoms with Crippen molar-refractivity contribution >= 4 is 23.2 Å². The number of carbonyl (C=O) groups excluding carboxylic acids is 2. The number of nitrogens with one attached hydrogen (secondary N) is 1. The summed E-state index contributed by atoms with van der Waals surface area (Å²) in [5.41, 5.74) is 3.71. The second-order valence-corrected chi connectivity index (χ2v) is 6.68. The van der Waals surface area contributed by atoms with Crippen LogP contribution in [0.1, 0.15) is 17.5 Å². The van der Waals surface area contributed by atoms with Crippen LogP contribution in [0.2, 0.25) is 0 Å². The summed E-state index contributed by atoms with van der Waals surface area (Å²) in [6.07, 6.45) is 0.212. The highest BCUT2D eigenvalue weighted by Gasteiger charge is 2.36. The molecule has 2 heterocycles.